The Balaban J connectivity index is 1.73. The van der Waals surface area contributed by atoms with Crippen molar-refractivity contribution in [2.75, 3.05) is 7.11 Å². The molecule has 0 saturated heterocycles. The predicted molar refractivity (Wildman–Crippen MR) is 106 cm³/mol. The fourth-order valence-electron chi connectivity index (χ4n) is 3.01. The maximum atomic E-state index is 9.49. The Morgan fingerprint density at radius 1 is 0.815 bits per heavy atom. The van der Waals surface area contributed by atoms with Crippen LogP contribution in [0.2, 0.25) is 0 Å². The lowest BCUT2D eigenvalue weighted by atomic mass is 10.0. The van der Waals surface area contributed by atoms with Gasteiger partial charge in [-0.15, -0.1) is 0 Å². The Morgan fingerprint density at radius 2 is 1.52 bits per heavy atom. The molecule has 27 heavy (non-hydrogen) atoms. The van der Waals surface area contributed by atoms with Crippen LogP contribution >= 0.6 is 0 Å². The van der Waals surface area contributed by atoms with E-state index >= 15 is 0 Å². The summed E-state index contributed by atoms with van der Waals surface area (Å²) >= 11 is 0. The van der Waals surface area contributed by atoms with Gasteiger partial charge < -0.3 is 9.84 Å². The Hall–Kier alpha value is -3.60. The van der Waals surface area contributed by atoms with Crippen LogP contribution in [0.5, 0.6) is 11.5 Å². The van der Waals surface area contributed by atoms with Crippen LogP contribution < -0.4 is 4.74 Å². The average molecular weight is 357 g/mol. The molecule has 0 saturated carbocycles. The second kappa shape index (κ2) is 6.96. The Labute approximate surface area is 157 Å². The molecule has 0 bridgehead atoms. The van der Waals surface area contributed by atoms with E-state index in [1.165, 1.54) is 0 Å². The standard InChI is InChI=1S/C22H19N3O2/c1-25-22(23-21(24-25)17-6-4-8-20(14-17)27-2)18-7-3-5-16(13-18)15-9-11-19(26)12-10-15/h3-14,26H,1-2H3. The van der Waals surface area contributed by atoms with Crippen LogP contribution in [0.15, 0.2) is 72.8 Å². The molecule has 0 fully saturated rings. The van der Waals surface area contributed by atoms with Crippen LogP contribution in [0.3, 0.4) is 0 Å². The van der Waals surface area contributed by atoms with Crippen molar-refractivity contribution in [1.82, 2.24) is 14.8 Å². The Bertz CT molecular complexity index is 1080. The second-order valence-electron chi connectivity index (χ2n) is 6.24. The number of aryl methyl sites for hydroxylation is 1. The van der Waals surface area contributed by atoms with E-state index in [0.29, 0.717) is 5.82 Å². The molecular weight excluding hydrogens is 338 g/mol. The monoisotopic (exact) mass is 357 g/mol. The molecular formula is C22H19N3O2. The van der Waals surface area contributed by atoms with Crippen molar-refractivity contribution in [2.45, 2.75) is 0 Å². The van der Waals surface area contributed by atoms with Gasteiger partial charge in [0.15, 0.2) is 11.6 Å². The van der Waals surface area contributed by atoms with Crippen molar-refractivity contribution >= 4 is 0 Å². The average Bonchev–Trinajstić information content (AvgIpc) is 3.10. The molecule has 0 aliphatic rings. The van der Waals surface area contributed by atoms with E-state index in [-0.39, 0.29) is 5.75 Å². The lowest BCUT2D eigenvalue weighted by Gasteiger charge is -2.05. The molecule has 5 nitrogen and oxygen atoms in total. The summed E-state index contributed by atoms with van der Waals surface area (Å²) in [6, 6.07) is 23.0. The van der Waals surface area contributed by atoms with Crippen LogP contribution in [0.1, 0.15) is 0 Å². The first-order valence-corrected chi connectivity index (χ1v) is 8.59. The van der Waals surface area contributed by atoms with E-state index in [2.05, 4.69) is 11.2 Å². The zero-order chi connectivity index (χ0) is 18.8. The van der Waals surface area contributed by atoms with Crippen molar-refractivity contribution in [1.29, 1.82) is 0 Å². The van der Waals surface area contributed by atoms with Crippen molar-refractivity contribution < 1.29 is 9.84 Å². The number of ether oxygens (including phenoxy) is 1. The summed E-state index contributed by atoms with van der Waals surface area (Å²) in [5.74, 6) is 2.47. The van der Waals surface area contributed by atoms with Gasteiger partial charge in [0.25, 0.3) is 0 Å². The number of rotatable bonds is 4. The number of benzene rings is 3. The van der Waals surface area contributed by atoms with Gasteiger partial charge in [0.05, 0.1) is 7.11 Å². The number of hydrogen-bond acceptors (Lipinski definition) is 4. The van der Waals surface area contributed by atoms with E-state index < -0.39 is 0 Å². The van der Waals surface area contributed by atoms with Gasteiger partial charge in [0.2, 0.25) is 0 Å². The van der Waals surface area contributed by atoms with Crippen LogP contribution in [0, 0.1) is 0 Å². The molecule has 3 aromatic carbocycles. The minimum absolute atomic E-state index is 0.256. The lowest BCUT2D eigenvalue weighted by Crippen LogP contribution is -1.94. The molecule has 1 heterocycles. The number of methoxy groups -OCH3 is 1. The minimum Gasteiger partial charge on any atom is -0.508 e. The minimum atomic E-state index is 0.256. The second-order valence-corrected chi connectivity index (χ2v) is 6.24. The maximum Gasteiger partial charge on any atom is 0.181 e. The van der Waals surface area contributed by atoms with Gasteiger partial charge in [-0.1, -0.05) is 42.5 Å². The first kappa shape index (κ1) is 16.8. The highest BCUT2D eigenvalue weighted by Crippen LogP contribution is 2.28. The Kier molecular flexibility index (Phi) is 4.34. The van der Waals surface area contributed by atoms with Crippen LogP contribution in [0.4, 0.5) is 0 Å². The van der Waals surface area contributed by atoms with Crippen LogP contribution in [0.25, 0.3) is 33.9 Å². The molecule has 0 atom stereocenters. The third-order valence-corrected chi connectivity index (χ3v) is 4.41. The molecule has 0 unspecified atom stereocenters. The van der Waals surface area contributed by atoms with E-state index in [4.69, 9.17) is 9.72 Å². The smallest absolute Gasteiger partial charge is 0.181 e. The summed E-state index contributed by atoms with van der Waals surface area (Å²) in [6.45, 7) is 0. The van der Waals surface area contributed by atoms with Gasteiger partial charge in [-0.05, 0) is 41.5 Å². The molecule has 1 N–H and O–H groups in total. The molecule has 0 spiro atoms. The van der Waals surface area contributed by atoms with Crippen LogP contribution in [-0.4, -0.2) is 27.0 Å². The first-order valence-electron chi connectivity index (χ1n) is 8.59. The van der Waals surface area contributed by atoms with E-state index in [1.54, 1.807) is 23.9 Å². The maximum absolute atomic E-state index is 9.49. The summed E-state index contributed by atoms with van der Waals surface area (Å²) in [5, 5.41) is 14.1. The van der Waals surface area contributed by atoms with E-state index in [0.717, 1.165) is 33.8 Å². The highest BCUT2D eigenvalue weighted by Gasteiger charge is 2.12. The molecule has 0 amide bonds. The molecule has 0 aliphatic carbocycles. The Morgan fingerprint density at radius 3 is 2.30 bits per heavy atom. The number of aromatic hydroxyl groups is 1. The highest BCUT2D eigenvalue weighted by molar-refractivity contribution is 5.71. The predicted octanol–water partition coefficient (Wildman–Crippen LogP) is 4.53. The number of hydrogen-bond donors (Lipinski definition) is 1. The van der Waals surface area contributed by atoms with Gasteiger partial charge in [-0.25, -0.2) is 9.67 Å². The normalized spacial score (nSPS) is 10.7. The molecule has 0 aliphatic heterocycles. The fourth-order valence-corrected chi connectivity index (χ4v) is 3.01. The van der Waals surface area contributed by atoms with Gasteiger partial charge in [0, 0.05) is 18.2 Å². The van der Waals surface area contributed by atoms with Crippen molar-refractivity contribution in [3.8, 4) is 45.4 Å². The largest absolute Gasteiger partial charge is 0.508 e. The molecule has 1 aromatic heterocycles. The number of aromatic nitrogens is 3. The van der Waals surface area contributed by atoms with Gasteiger partial charge in [-0.2, -0.15) is 5.10 Å². The zero-order valence-electron chi connectivity index (χ0n) is 15.1. The third kappa shape index (κ3) is 3.40. The quantitative estimate of drug-likeness (QED) is 0.583. The van der Waals surface area contributed by atoms with Crippen LogP contribution in [-0.2, 0) is 7.05 Å². The molecule has 134 valence electrons. The van der Waals surface area contributed by atoms with Gasteiger partial charge in [0.1, 0.15) is 11.5 Å². The summed E-state index contributed by atoms with van der Waals surface area (Å²) in [6.07, 6.45) is 0. The SMILES string of the molecule is COc1cccc(-c2nc(-c3cccc(-c4ccc(O)cc4)c3)n(C)n2)c1. The number of phenolic OH excluding ortho intramolecular Hbond substituents is 1. The lowest BCUT2D eigenvalue weighted by molar-refractivity contribution is 0.415. The topological polar surface area (TPSA) is 60.2 Å². The summed E-state index contributed by atoms with van der Waals surface area (Å²) in [5.41, 5.74) is 3.97. The molecule has 4 aromatic rings. The zero-order valence-corrected chi connectivity index (χ0v) is 15.1. The first-order chi connectivity index (χ1) is 13.1. The summed E-state index contributed by atoms with van der Waals surface area (Å²) in [7, 11) is 3.53. The van der Waals surface area contributed by atoms with Crippen molar-refractivity contribution in [3.63, 3.8) is 0 Å². The molecule has 4 rings (SSSR count). The highest BCUT2D eigenvalue weighted by atomic mass is 16.5. The molecule has 0 radical (unpaired) electrons. The van der Waals surface area contributed by atoms with Crippen molar-refractivity contribution in [3.05, 3.63) is 72.8 Å². The number of nitrogens with zero attached hydrogens (tertiary/aromatic N) is 3. The van der Waals surface area contributed by atoms with Crippen molar-refractivity contribution in [2.24, 2.45) is 7.05 Å². The van der Waals surface area contributed by atoms with E-state index in [1.807, 2.05) is 61.6 Å². The van der Waals surface area contributed by atoms with Gasteiger partial charge >= 0.3 is 0 Å². The summed E-state index contributed by atoms with van der Waals surface area (Å²) in [4.78, 5) is 4.73. The summed E-state index contributed by atoms with van der Waals surface area (Å²) < 4.78 is 7.07. The third-order valence-electron chi connectivity index (χ3n) is 4.41. The van der Waals surface area contributed by atoms with E-state index in [9.17, 15) is 5.11 Å². The molecule has 5 heteroatoms. The fraction of sp³-hybridized carbons (Fsp3) is 0.0909. The van der Waals surface area contributed by atoms with Gasteiger partial charge in [-0.3, -0.25) is 0 Å². The number of phenols is 1.